The second kappa shape index (κ2) is 5.16. The molecule has 11 heteroatoms. The number of pyridine rings is 1. The molecular formula is C10H7F3N4O3S. The van der Waals surface area contributed by atoms with Crippen LogP contribution in [0.4, 0.5) is 13.2 Å². The SMILES string of the molecule is O=C(NS(=O)(=O)C(F)(F)F)c1cnn(-c2cccnc2)c1. The maximum absolute atomic E-state index is 12.1. The summed E-state index contributed by atoms with van der Waals surface area (Å²) < 4.78 is 60.2. The number of alkyl halides is 3. The van der Waals surface area contributed by atoms with Gasteiger partial charge in [0.25, 0.3) is 5.91 Å². The molecule has 112 valence electrons. The fraction of sp³-hybridized carbons (Fsp3) is 0.100. The summed E-state index contributed by atoms with van der Waals surface area (Å²) in [5.74, 6) is -1.43. The van der Waals surface area contributed by atoms with Gasteiger partial charge in [-0.25, -0.2) is 9.40 Å². The largest absolute Gasteiger partial charge is 0.516 e. The van der Waals surface area contributed by atoms with Crippen LogP contribution in [0, 0.1) is 0 Å². The first-order chi connectivity index (χ1) is 9.71. The number of nitrogens with one attached hydrogen (secondary N) is 1. The summed E-state index contributed by atoms with van der Waals surface area (Å²) >= 11 is 0. The molecule has 2 rings (SSSR count). The van der Waals surface area contributed by atoms with E-state index < -0.39 is 21.4 Å². The number of halogens is 3. The highest BCUT2D eigenvalue weighted by molar-refractivity contribution is 7.90. The van der Waals surface area contributed by atoms with Crippen molar-refractivity contribution in [3.63, 3.8) is 0 Å². The van der Waals surface area contributed by atoms with Crippen LogP contribution in [0.3, 0.4) is 0 Å². The third kappa shape index (κ3) is 3.18. The summed E-state index contributed by atoms with van der Waals surface area (Å²) in [4.78, 5) is 15.3. The van der Waals surface area contributed by atoms with Gasteiger partial charge in [0.2, 0.25) is 0 Å². The minimum atomic E-state index is -5.75. The third-order valence-corrected chi connectivity index (χ3v) is 3.35. The molecule has 0 aliphatic rings. The number of nitrogens with zero attached hydrogens (tertiary/aromatic N) is 3. The van der Waals surface area contributed by atoms with Crippen molar-refractivity contribution in [2.24, 2.45) is 0 Å². The maximum atomic E-state index is 12.1. The van der Waals surface area contributed by atoms with Crippen LogP contribution in [0.15, 0.2) is 36.9 Å². The van der Waals surface area contributed by atoms with Crippen molar-refractivity contribution in [2.75, 3.05) is 0 Å². The monoisotopic (exact) mass is 320 g/mol. The summed E-state index contributed by atoms with van der Waals surface area (Å²) in [5.41, 5.74) is -5.45. The molecule has 0 radical (unpaired) electrons. The first-order valence-corrected chi connectivity index (χ1v) is 6.77. The molecule has 0 atom stereocenters. The number of rotatable bonds is 3. The van der Waals surface area contributed by atoms with Crippen molar-refractivity contribution < 1.29 is 26.4 Å². The van der Waals surface area contributed by atoms with Crippen LogP contribution in [0.5, 0.6) is 0 Å². The smallest absolute Gasteiger partial charge is 0.268 e. The molecule has 0 aromatic carbocycles. The molecule has 0 aliphatic heterocycles. The first kappa shape index (κ1) is 15.0. The predicted molar refractivity (Wildman–Crippen MR) is 63.8 cm³/mol. The quantitative estimate of drug-likeness (QED) is 0.905. The Morgan fingerprint density at radius 3 is 2.57 bits per heavy atom. The highest BCUT2D eigenvalue weighted by Crippen LogP contribution is 2.21. The standard InChI is InChI=1S/C10H7F3N4O3S/c11-10(12,13)21(19,20)16-9(18)7-4-15-17(6-7)8-2-1-3-14-5-8/h1-6H,(H,16,18). The van der Waals surface area contributed by atoms with Crippen LogP contribution in [0.1, 0.15) is 10.4 Å². The summed E-state index contributed by atoms with van der Waals surface area (Å²) in [6, 6.07) is 3.18. The molecule has 0 saturated heterocycles. The van der Waals surface area contributed by atoms with Crippen molar-refractivity contribution >= 4 is 15.9 Å². The van der Waals surface area contributed by atoms with Crippen molar-refractivity contribution in [3.8, 4) is 5.69 Å². The lowest BCUT2D eigenvalue weighted by molar-refractivity contribution is -0.0446. The number of hydrogen-bond donors (Lipinski definition) is 1. The van der Waals surface area contributed by atoms with Gasteiger partial charge in [-0.05, 0) is 12.1 Å². The van der Waals surface area contributed by atoms with E-state index in [-0.39, 0.29) is 5.56 Å². The topological polar surface area (TPSA) is 94.0 Å². The molecule has 7 nitrogen and oxygen atoms in total. The van der Waals surface area contributed by atoms with Gasteiger partial charge in [-0.1, -0.05) is 0 Å². The van der Waals surface area contributed by atoms with E-state index in [2.05, 4.69) is 10.1 Å². The lowest BCUT2D eigenvalue weighted by atomic mass is 10.3. The minimum Gasteiger partial charge on any atom is -0.268 e. The van der Waals surface area contributed by atoms with E-state index in [0.717, 1.165) is 17.1 Å². The van der Waals surface area contributed by atoms with Crippen LogP contribution in [0.25, 0.3) is 5.69 Å². The van der Waals surface area contributed by atoms with Crippen LogP contribution in [0.2, 0.25) is 0 Å². The van der Waals surface area contributed by atoms with Gasteiger partial charge in [-0.3, -0.25) is 9.78 Å². The van der Waals surface area contributed by atoms with Crippen LogP contribution < -0.4 is 4.72 Å². The minimum absolute atomic E-state index is 0.341. The lowest BCUT2D eigenvalue weighted by Gasteiger charge is -2.08. The Morgan fingerprint density at radius 1 is 1.29 bits per heavy atom. The highest BCUT2D eigenvalue weighted by Gasteiger charge is 2.47. The molecule has 2 aromatic heterocycles. The number of carbonyl (C=O) groups is 1. The Hall–Kier alpha value is -2.43. The van der Waals surface area contributed by atoms with Gasteiger partial charge in [0, 0.05) is 12.4 Å². The number of hydrogen-bond acceptors (Lipinski definition) is 5. The number of amides is 1. The fourth-order valence-corrected chi connectivity index (χ4v) is 1.79. The van der Waals surface area contributed by atoms with Crippen molar-refractivity contribution in [1.82, 2.24) is 19.5 Å². The number of carbonyl (C=O) groups excluding carboxylic acids is 1. The Bertz CT molecular complexity index is 755. The van der Waals surface area contributed by atoms with E-state index in [1.54, 1.807) is 12.1 Å². The van der Waals surface area contributed by atoms with Gasteiger partial charge in [-0.15, -0.1) is 0 Å². The molecule has 2 aromatic rings. The Morgan fingerprint density at radius 2 is 2.00 bits per heavy atom. The summed E-state index contributed by atoms with van der Waals surface area (Å²) in [6.45, 7) is 0. The van der Waals surface area contributed by atoms with Crippen molar-refractivity contribution in [3.05, 3.63) is 42.5 Å². The Kier molecular flexibility index (Phi) is 3.68. The van der Waals surface area contributed by atoms with E-state index in [0.29, 0.717) is 5.69 Å². The van der Waals surface area contributed by atoms with Gasteiger partial charge in [-0.2, -0.15) is 26.7 Å². The normalized spacial score (nSPS) is 12.1. The summed E-state index contributed by atoms with van der Waals surface area (Å²) in [7, 11) is -5.75. The molecule has 0 fully saturated rings. The second-order valence-corrected chi connectivity index (χ2v) is 5.44. The molecular weight excluding hydrogens is 313 g/mol. The van der Waals surface area contributed by atoms with E-state index in [4.69, 9.17) is 0 Å². The molecule has 1 amide bonds. The van der Waals surface area contributed by atoms with Crippen LogP contribution in [-0.2, 0) is 10.0 Å². The fourth-order valence-electron chi connectivity index (χ4n) is 1.31. The van der Waals surface area contributed by atoms with E-state index in [9.17, 15) is 26.4 Å². The molecule has 2 heterocycles. The van der Waals surface area contributed by atoms with Crippen molar-refractivity contribution in [1.29, 1.82) is 0 Å². The third-order valence-electron chi connectivity index (χ3n) is 2.29. The van der Waals surface area contributed by atoms with E-state index >= 15 is 0 Å². The second-order valence-electron chi connectivity index (χ2n) is 3.77. The maximum Gasteiger partial charge on any atom is 0.516 e. The van der Waals surface area contributed by atoms with E-state index in [1.807, 2.05) is 0 Å². The van der Waals surface area contributed by atoms with Gasteiger partial charge in [0.1, 0.15) is 0 Å². The average molecular weight is 320 g/mol. The first-order valence-electron chi connectivity index (χ1n) is 5.29. The summed E-state index contributed by atoms with van der Waals surface area (Å²) in [5, 5.41) is 3.74. The molecule has 0 unspecified atom stereocenters. The Balaban J connectivity index is 2.21. The molecule has 0 saturated carbocycles. The van der Waals surface area contributed by atoms with Gasteiger partial charge < -0.3 is 0 Å². The van der Waals surface area contributed by atoms with Crippen molar-refractivity contribution in [2.45, 2.75) is 5.51 Å². The predicted octanol–water partition coefficient (Wildman–Crippen LogP) is 0.847. The van der Waals surface area contributed by atoms with Crippen LogP contribution in [-0.4, -0.2) is 34.6 Å². The highest BCUT2D eigenvalue weighted by atomic mass is 32.2. The Labute approximate surface area is 116 Å². The molecule has 0 aliphatic carbocycles. The van der Waals surface area contributed by atoms with Crippen LogP contribution >= 0.6 is 0 Å². The molecule has 0 bridgehead atoms. The number of sulfonamides is 1. The summed E-state index contributed by atoms with van der Waals surface area (Å²) in [6.07, 6.45) is 4.92. The van der Waals surface area contributed by atoms with Gasteiger partial charge in [0.15, 0.2) is 0 Å². The zero-order valence-electron chi connectivity index (χ0n) is 10.1. The van der Waals surface area contributed by atoms with Gasteiger partial charge in [0.05, 0.1) is 23.6 Å². The van der Waals surface area contributed by atoms with E-state index in [1.165, 1.54) is 17.1 Å². The zero-order chi connectivity index (χ0) is 15.7. The average Bonchev–Trinajstić information content (AvgIpc) is 2.87. The van der Waals surface area contributed by atoms with Gasteiger partial charge >= 0.3 is 15.5 Å². The zero-order valence-corrected chi connectivity index (χ0v) is 10.9. The molecule has 21 heavy (non-hydrogen) atoms. The molecule has 1 N–H and O–H groups in total. The number of aromatic nitrogens is 3. The molecule has 0 spiro atoms. The lowest BCUT2D eigenvalue weighted by Crippen LogP contribution is -2.40.